The third kappa shape index (κ3) is 3.85. The van der Waals surface area contributed by atoms with E-state index in [0.717, 1.165) is 16.3 Å². The Balaban J connectivity index is 1.48. The molecule has 4 heteroatoms. The van der Waals surface area contributed by atoms with Crippen LogP contribution in [0.3, 0.4) is 0 Å². The molecule has 2 aromatic rings. The van der Waals surface area contributed by atoms with Crippen molar-refractivity contribution in [1.82, 2.24) is 9.88 Å². The number of carbonyl (C=O) groups is 1. The number of aromatic nitrogens is 1. The van der Waals surface area contributed by atoms with Crippen LogP contribution in [0, 0.1) is 6.92 Å². The first-order chi connectivity index (χ1) is 12.7. The van der Waals surface area contributed by atoms with E-state index in [4.69, 9.17) is 4.98 Å². The lowest BCUT2D eigenvalue weighted by atomic mass is 10.1. The van der Waals surface area contributed by atoms with E-state index in [9.17, 15) is 4.79 Å². The van der Waals surface area contributed by atoms with Crippen LogP contribution in [-0.2, 0) is 11.2 Å². The van der Waals surface area contributed by atoms with E-state index in [1.165, 1.54) is 56.9 Å². The molecule has 0 spiro atoms. The maximum absolute atomic E-state index is 13.2. The topological polar surface area (TPSA) is 33.2 Å². The number of nitrogens with zero attached hydrogens (tertiary/aromatic N) is 2. The van der Waals surface area contributed by atoms with Gasteiger partial charge in [0.1, 0.15) is 5.01 Å². The van der Waals surface area contributed by atoms with Gasteiger partial charge in [0.15, 0.2) is 0 Å². The first-order valence-electron chi connectivity index (χ1n) is 10.0. The highest BCUT2D eigenvalue weighted by atomic mass is 32.1. The lowest BCUT2D eigenvalue weighted by Crippen LogP contribution is -2.45. The first kappa shape index (κ1) is 17.7. The lowest BCUT2D eigenvalue weighted by Gasteiger charge is -2.34. The molecular formula is C22H28N2OS. The number of benzene rings is 1. The predicted molar refractivity (Wildman–Crippen MR) is 107 cm³/mol. The molecule has 0 unspecified atom stereocenters. The fourth-order valence-electron chi connectivity index (χ4n) is 4.53. The zero-order chi connectivity index (χ0) is 17.9. The van der Waals surface area contributed by atoms with Gasteiger partial charge >= 0.3 is 0 Å². The molecule has 0 atom stereocenters. The highest BCUT2D eigenvalue weighted by molar-refractivity contribution is 7.13. The standard InChI is InChI=1S/C22H28N2OS/c1-16-10-12-17(13-11-16)22-23-18(15-26-22)14-21(25)24(19-6-2-3-7-19)20-8-4-5-9-20/h10-13,15,19-20H,2-9,14H2,1H3. The number of carbonyl (C=O) groups excluding carboxylic acids is 1. The Bertz CT molecular complexity index is 724. The van der Waals surface area contributed by atoms with Crippen LogP contribution >= 0.6 is 11.3 Å². The van der Waals surface area contributed by atoms with Crippen molar-refractivity contribution in [2.75, 3.05) is 0 Å². The van der Waals surface area contributed by atoms with Gasteiger partial charge in [-0.1, -0.05) is 55.5 Å². The molecule has 1 aromatic heterocycles. The van der Waals surface area contributed by atoms with E-state index < -0.39 is 0 Å². The molecule has 3 nitrogen and oxygen atoms in total. The molecule has 4 rings (SSSR count). The van der Waals surface area contributed by atoms with E-state index in [0.29, 0.717) is 24.4 Å². The van der Waals surface area contributed by atoms with E-state index >= 15 is 0 Å². The van der Waals surface area contributed by atoms with Gasteiger partial charge in [0.25, 0.3) is 0 Å². The highest BCUT2D eigenvalue weighted by Crippen LogP contribution is 2.32. The minimum absolute atomic E-state index is 0.296. The van der Waals surface area contributed by atoms with Crippen molar-refractivity contribution >= 4 is 17.2 Å². The summed E-state index contributed by atoms with van der Waals surface area (Å²) < 4.78 is 0. The second kappa shape index (κ2) is 7.91. The Morgan fingerprint density at radius 3 is 2.19 bits per heavy atom. The van der Waals surface area contributed by atoms with Gasteiger partial charge in [-0.05, 0) is 32.6 Å². The van der Waals surface area contributed by atoms with E-state index in [1.54, 1.807) is 11.3 Å². The number of aryl methyl sites for hydroxylation is 1. The summed E-state index contributed by atoms with van der Waals surface area (Å²) in [5, 5.41) is 3.08. The van der Waals surface area contributed by atoms with Crippen LogP contribution in [0.15, 0.2) is 29.6 Å². The van der Waals surface area contributed by atoms with Gasteiger partial charge in [-0.2, -0.15) is 0 Å². The zero-order valence-corrected chi connectivity index (χ0v) is 16.4. The molecule has 1 heterocycles. The van der Waals surface area contributed by atoms with Crippen molar-refractivity contribution in [2.45, 2.75) is 76.8 Å². The molecule has 138 valence electrons. The van der Waals surface area contributed by atoms with Crippen LogP contribution in [0.25, 0.3) is 10.6 Å². The number of thiazole rings is 1. The Kier molecular flexibility index (Phi) is 5.39. The minimum Gasteiger partial charge on any atom is -0.336 e. The summed E-state index contributed by atoms with van der Waals surface area (Å²) >= 11 is 1.64. The Labute approximate surface area is 160 Å². The van der Waals surface area contributed by atoms with E-state index in [1.807, 2.05) is 0 Å². The SMILES string of the molecule is Cc1ccc(-c2nc(CC(=O)N(C3CCCC3)C3CCCC3)cs2)cc1. The zero-order valence-electron chi connectivity index (χ0n) is 15.6. The molecule has 2 aliphatic carbocycles. The summed E-state index contributed by atoms with van der Waals surface area (Å²) in [5.41, 5.74) is 3.32. The van der Waals surface area contributed by atoms with Crippen LogP contribution in [0.2, 0.25) is 0 Å². The van der Waals surface area contributed by atoms with Gasteiger partial charge in [0, 0.05) is 23.0 Å². The molecule has 0 radical (unpaired) electrons. The molecule has 26 heavy (non-hydrogen) atoms. The molecule has 2 saturated carbocycles. The maximum atomic E-state index is 13.2. The predicted octanol–water partition coefficient (Wildman–Crippen LogP) is 5.37. The van der Waals surface area contributed by atoms with Gasteiger partial charge < -0.3 is 4.90 Å². The smallest absolute Gasteiger partial charge is 0.229 e. The fraction of sp³-hybridized carbons (Fsp3) is 0.545. The first-order valence-corrected chi connectivity index (χ1v) is 10.9. The second-order valence-corrected chi connectivity index (χ2v) is 8.72. The monoisotopic (exact) mass is 368 g/mol. The molecule has 2 fully saturated rings. The van der Waals surface area contributed by atoms with Crippen molar-refractivity contribution in [3.8, 4) is 10.6 Å². The lowest BCUT2D eigenvalue weighted by molar-refractivity contribution is -0.135. The second-order valence-electron chi connectivity index (χ2n) is 7.86. The van der Waals surface area contributed by atoms with Crippen LogP contribution in [0.5, 0.6) is 0 Å². The molecule has 2 aliphatic rings. The van der Waals surface area contributed by atoms with Crippen molar-refractivity contribution < 1.29 is 4.79 Å². The molecule has 0 saturated heterocycles. The number of hydrogen-bond donors (Lipinski definition) is 0. The summed E-state index contributed by atoms with van der Waals surface area (Å²) in [6, 6.07) is 9.40. The maximum Gasteiger partial charge on any atom is 0.229 e. The van der Waals surface area contributed by atoms with Gasteiger partial charge in [0.2, 0.25) is 5.91 Å². The van der Waals surface area contributed by atoms with Crippen molar-refractivity contribution in [3.63, 3.8) is 0 Å². The van der Waals surface area contributed by atoms with Crippen LogP contribution in [0.4, 0.5) is 0 Å². The summed E-state index contributed by atoms with van der Waals surface area (Å²) in [7, 11) is 0. The largest absolute Gasteiger partial charge is 0.336 e. The molecule has 0 bridgehead atoms. The highest BCUT2D eigenvalue weighted by Gasteiger charge is 2.34. The van der Waals surface area contributed by atoms with Gasteiger partial charge in [0.05, 0.1) is 12.1 Å². The Hall–Kier alpha value is -1.68. The molecule has 1 aromatic carbocycles. The summed E-state index contributed by atoms with van der Waals surface area (Å²) in [4.78, 5) is 20.2. The molecular weight excluding hydrogens is 340 g/mol. The quantitative estimate of drug-likeness (QED) is 0.710. The fourth-order valence-corrected chi connectivity index (χ4v) is 5.36. The van der Waals surface area contributed by atoms with E-state index in [2.05, 4.69) is 41.5 Å². The van der Waals surface area contributed by atoms with E-state index in [-0.39, 0.29) is 0 Å². The third-order valence-electron chi connectivity index (χ3n) is 5.91. The van der Waals surface area contributed by atoms with Crippen LogP contribution in [0.1, 0.15) is 62.6 Å². The van der Waals surface area contributed by atoms with Crippen molar-refractivity contribution in [2.24, 2.45) is 0 Å². The molecule has 1 amide bonds. The Morgan fingerprint density at radius 1 is 1.04 bits per heavy atom. The molecule has 0 aliphatic heterocycles. The van der Waals surface area contributed by atoms with Crippen LogP contribution < -0.4 is 0 Å². The number of rotatable bonds is 5. The van der Waals surface area contributed by atoms with Crippen molar-refractivity contribution in [1.29, 1.82) is 0 Å². The number of hydrogen-bond acceptors (Lipinski definition) is 3. The Morgan fingerprint density at radius 2 is 1.62 bits per heavy atom. The van der Waals surface area contributed by atoms with Crippen molar-refractivity contribution in [3.05, 3.63) is 40.9 Å². The summed E-state index contributed by atoms with van der Waals surface area (Å²) in [6.07, 6.45) is 10.3. The van der Waals surface area contributed by atoms with Gasteiger partial charge in [-0.15, -0.1) is 11.3 Å². The van der Waals surface area contributed by atoms with Gasteiger partial charge in [-0.25, -0.2) is 4.98 Å². The third-order valence-corrected chi connectivity index (χ3v) is 6.85. The summed E-state index contributed by atoms with van der Waals surface area (Å²) in [6.45, 7) is 2.09. The summed E-state index contributed by atoms with van der Waals surface area (Å²) in [5.74, 6) is 0.296. The molecule has 0 N–H and O–H groups in total. The number of amides is 1. The average molecular weight is 369 g/mol. The van der Waals surface area contributed by atoms with Crippen LogP contribution in [-0.4, -0.2) is 27.9 Å². The van der Waals surface area contributed by atoms with Gasteiger partial charge in [-0.3, -0.25) is 4.79 Å². The average Bonchev–Trinajstić information content (AvgIpc) is 3.39. The normalized spacial score (nSPS) is 18.5. The minimum atomic E-state index is 0.296.